The van der Waals surface area contributed by atoms with Crippen LogP contribution in [0.2, 0.25) is 0 Å². The number of hydrogen-bond acceptors (Lipinski definition) is 3. The molecule has 0 bridgehead atoms. The number of benzene rings is 1. The van der Waals surface area contributed by atoms with Crippen LogP contribution in [0, 0.1) is 0 Å². The number of carbonyl (C=O) groups excluding carboxylic acids is 1. The molecule has 0 fully saturated rings. The molecule has 13 heavy (non-hydrogen) atoms. The Kier molecular flexibility index (Phi) is 3.03. The maximum absolute atomic E-state index is 10.9. The van der Waals surface area contributed by atoms with E-state index in [1.54, 1.807) is 31.4 Å². The van der Waals surface area contributed by atoms with Crippen LogP contribution >= 0.6 is 0 Å². The number of nitrogens with two attached hydrogens (primary N) is 1. The summed E-state index contributed by atoms with van der Waals surface area (Å²) >= 11 is 0. The molecule has 0 saturated carbocycles. The molecule has 3 nitrogen and oxygen atoms in total. The van der Waals surface area contributed by atoms with E-state index in [4.69, 9.17) is 10.5 Å². The number of hydrogen-bond donors (Lipinski definition) is 1. The zero-order valence-electron chi connectivity index (χ0n) is 7.78. The first-order valence-electron chi connectivity index (χ1n) is 4.05. The van der Waals surface area contributed by atoms with Crippen molar-refractivity contribution in [3.63, 3.8) is 0 Å². The Morgan fingerprint density at radius 3 is 2.31 bits per heavy atom. The van der Waals surface area contributed by atoms with Gasteiger partial charge in [0.2, 0.25) is 0 Å². The number of Topliss-reactive ketones (excluding diaryl/α,β-unsaturated/α-hetero) is 1. The van der Waals surface area contributed by atoms with Gasteiger partial charge in [-0.25, -0.2) is 0 Å². The van der Waals surface area contributed by atoms with Crippen molar-refractivity contribution in [2.45, 2.75) is 13.0 Å². The summed E-state index contributed by atoms with van der Waals surface area (Å²) in [4.78, 5) is 10.9. The molecule has 70 valence electrons. The van der Waals surface area contributed by atoms with Gasteiger partial charge < -0.3 is 10.5 Å². The lowest BCUT2D eigenvalue weighted by molar-refractivity contribution is -0.118. The largest absolute Gasteiger partial charge is 0.497 e. The van der Waals surface area contributed by atoms with Crippen LogP contribution in [-0.4, -0.2) is 12.9 Å². The first kappa shape index (κ1) is 9.74. The van der Waals surface area contributed by atoms with E-state index < -0.39 is 6.04 Å². The Hall–Kier alpha value is -1.35. The van der Waals surface area contributed by atoms with E-state index in [-0.39, 0.29) is 5.78 Å². The molecular weight excluding hydrogens is 166 g/mol. The van der Waals surface area contributed by atoms with E-state index in [2.05, 4.69) is 0 Å². The van der Waals surface area contributed by atoms with E-state index in [0.29, 0.717) is 0 Å². The molecule has 0 aromatic heterocycles. The summed E-state index contributed by atoms with van der Waals surface area (Å²) in [5.74, 6) is 0.727. The Morgan fingerprint density at radius 2 is 1.92 bits per heavy atom. The molecule has 0 radical (unpaired) electrons. The minimum atomic E-state index is -0.522. The standard InChI is InChI=1S/C10H13NO2/c1-7(12)10(11)8-3-5-9(13-2)6-4-8/h3-6,10H,11H2,1-2H3. The Morgan fingerprint density at radius 1 is 1.38 bits per heavy atom. The van der Waals surface area contributed by atoms with Gasteiger partial charge in [0.05, 0.1) is 13.2 Å². The molecule has 0 heterocycles. The highest BCUT2D eigenvalue weighted by molar-refractivity contribution is 5.82. The van der Waals surface area contributed by atoms with Gasteiger partial charge in [-0.3, -0.25) is 4.79 Å². The molecule has 0 aliphatic rings. The van der Waals surface area contributed by atoms with Gasteiger partial charge in [-0.15, -0.1) is 0 Å². The number of carbonyl (C=O) groups is 1. The van der Waals surface area contributed by atoms with Crippen molar-refractivity contribution in [1.82, 2.24) is 0 Å². The fraction of sp³-hybridized carbons (Fsp3) is 0.300. The van der Waals surface area contributed by atoms with E-state index in [0.717, 1.165) is 11.3 Å². The summed E-state index contributed by atoms with van der Waals surface area (Å²) in [7, 11) is 1.60. The molecular formula is C10H13NO2. The molecule has 0 aliphatic carbocycles. The SMILES string of the molecule is COc1ccc(C(N)C(C)=O)cc1. The van der Waals surface area contributed by atoms with Gasteiger partial charge in [0.15, 0.2) is 5.78 Å². The van der Waals surface area contributed by atoms with Crippen LogP contribution in [0.5, 0.6) is 5.75 Å². The van der Waals surface area contributed by atoms with Gasteiger partial charge in [0.25, 0.3) is 0 Å². The highest BCUT2D eigenvalue weighted by Crippen LogP contribution is 2.16. The van der Waals surface area contributed by atoms with Gasteiger partial charge in [0.1, 0.15) is 5.75 Å². The van der Waals surface area contributed by atoms with E-state index >= 15 is 0 Å². The summed E-state index contributed by atoms with van der Waals surface area (Å²) in [6, 6.07) is 6.65. The summed E-state index contributed by atoms with van der Waals surface area (Å²) in [6.07, 6.45) is 0. The van der Waals surface area contributed by atoms with Gasteiger partial charge >= 0.3 is 0 Å². The minimum Gasteiger partial charge on any atom is -0.497 e. The van der Waals surface area contributed by atoms with Gasteiger partial charge in [-0.2, -0.15) is 0 Å². The van der Waals surface area contributed by atoms with Crippen molar-refractivity contribution >= 4 is 5.78 Å². The second-order valence-corrected chi connectivity index (χ2v) is 2.86. The monoisotopic (exact) mass is 179 g/mol. The van der Waals surface area contributed by atoms with Crippen LogP contribution < -0.4 is 10.5 Å². The summed E-state index contributed by atoms with van der Waals surface area (Å²) in [5, 5.41) is 0. The predicted molar refractivity (Wildman–Crippen MR) is 50.6 cm³/mol. The van der Waals surface area contributed by atoms with E-state index in [9.17, 15) is 4.79 Å². The Labute approximate surface area is 77.5 Å². The average molecular weight is 179 g/mol. The summed E-state index contributed by atoms with van der Waals surface area (Å²) in [6.45, 7) is 1.48. The third kappa shape index (κ3) is 2.29. The van der Waals surface area contributed by atoms with Crippen molar-refractivity contribution in [2.24, 2.45) is 5.73 Å². The zero-order valence-corrected chi connectivity index (χ0v) is 7.78. The van der Waals surface area contributed by atoms with Crippen molar-refractivity contribution in [1.29, 1.82) is 0 Å². The number of ether oxygens (including phenoxy) is 1. The fourth-order valence-corrected chi connectivity index (χ4v) is 1.05. The van der Waals surface area contributed by atoms with Gasteiger partial charge in [-0.05, 0) is 24.6 Å². The molecule has 1 aromatic carbocycles. The van der Waals surface area contributed by atoms with Crippen LogP contribution in [0.1, 0.15) is 18.5 Å². The quantitative estimate of drug-likeness (QED) is 0.760. The highest BCUT2D eigenvalue weighted by atomic mass is 16.5. The average Bonchev–Trinajstić information content (AvgIpc) is 2.17. The number of rotatable bonds is 3. The second-order valence-electron chi connectivity index (χ2n) is 2.86. The number of ketones is 1. The van der Waals surface area contributed by atoms with Crippen molar-refractivity contribution < 1.29 is 9.53 Å². The lowest BCUT2D eigenvalue weighted by Crippen LogP contribution is -2.18. The zero-order chi connectivity index (χ0) is 9.84. The van der Waals surface area contributed by atoms with Crippen LogP contribution in [0.25, 0.3) is 0 Å². The normalized spacial score (nSPS) is 12.2. The summed E-state index contributed by atoms with van der Waals surface area (Å²) < 4.78 is 4.98. The van der Waals surface area contributed by atoms with Crippen LogP contribution in [0.3, 0.4) is 0 Å². The smallest absolute Gasteiger partial charge is 0.150 e. The predicted octanol–water partition coefficient (Wildman–Crippen LogP) is 1.28. The van der Waals surface area contributed by atoms with Gasteiger partial charge in [0, 0.05) is 0 Å². The first-order chi connectivity index (χ1) is 6.15. The topological polar surface area (TPSA) is 52.3 Å². The van der Waals surface area contributed by atoms with Crippen molar-refractivity contribution in [2.75, 3.05) is 7.11 Å². The molecule has 0 aliphatic heterocycles. The third-order valence-electron chi connectivity index (χ3n) is 1.91. The molecule has 0 spiro atoms. The summed E-state index contributed by atoms with van der Waals surface area (Å²) in [5.41, 5.74) is 6.45. The van der Waals surface area contributed by atoms with Crippen molar-refractivity contribution in [3.05, 3.63) is 29.8 Å². The Bertz CT molecular complexity index is 292. The van der Waals surface area contributed by atoms with Crippen molar-refractivity contribution in [3.8, 4) is 5.75 Å². The molecule has 1 unspecified atom stereocenters. The second kappa shape index (κ2) is 4.05. The van der Waals surface area contributed by atoms with E-state index in [1.807, 2.05) is 0 Å². The maximum atomic E-state index is 10.9. The molecule has 1 atom stereocenters. The minimum absolute atomic E-state index is 0.0369. The molecule has 2 N–H and O–H groups in total. The number of methoxy groups -OCH3 is 1. The maximum Gasteiger partial charge on any atom is 0.150 e. The molecule has 0 amide bonds. The fourth-order valence-electron chi connectivity index (χ4n) is 1.05. The first-order valence-corrected chi connectivity index (χ1v) is 4.05. The molecule has 1 rings (SSSR count). The van der Waals surface area contributed by atoms with Gasteiger partial charge in [-0.1, -0.05) is 12.1 Å². The third-order valence-corrected chi connectivity index (χ3v) is 1.91. The lowest BCUT2D eigenvalue weighted by Gasteiger charge is -2.08. The van der Waals surface area contributed by atoms with E-state index in [1.165, 1.54) is 6.92 Å². The van der Waals surface area contributed by atoms with Crippen LogP contribution in [-0.2, 0) is 4.79 Å². The van der Waals surface area contributed by atoms with Crippen LogP contribution in [0.15, 0.2) is 24.3 Å². The van der Waals surface area contributed by atoms with Crippen LogP contribution in [0.4, 0.5) is 0 Å². The Balaban J connectivity index is 2.85. The lowest BCUT2D eigenvalue weighted by atomic mass is 10.0. The molecule has 3 heteroatoms. The highest BCUT2D eigenvalue weighted by Gasteiger charge is 2.09. The molecule has 1 aromatic rings. The molecule has 0 saturated heterocycles.